The summed E-state index contributed by atoms with van der Waals surface area (Å²) in [6.45, 7) is 6.39. The van der Waals surface area contributed by atoms with E-state index in [4.69, 9.17) is 5.26 Å². The topological polar surface area (TPSA) is 59.4 Å². The van der Waals surface area contributed by atoms with E-state index in [1.165, 1.54) is 0 Å². The summed E-state index contributed by atoms with van der Waals surface area (Å²) in [7, 11) is 0. The number of nitrogens with one attached hydrogen (secondary N) is 1. The summed E-state index contributed by atoms with van der Waals surface area (Å²) in [5, 5.41) is 12.4. The highest BCUT2D eigenvalue weighted by atomic mass is 16.2. The van der Waals surface area contributed by atoms with Crippen LogP contribution in [0.25, 0.3) is 0 Å². The molecule has 1 amide bonds. The molecular weight excluding hydrogens is 264 g/mol. The summed E-state index contributed by atoms with van der Waals surface area (Å²) in [6.07, 6.45) is 0. The molecule has 0 saturated carbocycles. The molecule has 21 heavy (non-hydrogen) atoms. The lowest BCUT2D eigenvalue weighted by Gasteiger charge is -2.36. The number of benzene rings is 1. The fraction of sp³-hybridized carbons (Fsp3) is 0.500. The van der Waals surface area contributed by atoms with Crippen molar-refractivity contribution in [3.05, 3.63) is 30.3 Å². The number of hydrogen-bond donors (Lipinski definition) is 1. The molecule has 5 nitrogen and oxygen atoms in total. The molecule has 1 N–H and O–H groups in total. The third kappa shape index (κ3) is 4.28. The standard InChI is InChI=1S/C16H22N4O/c1-13-10-19(11-14(2)18-13)12-16(21)20(9-8-17)15-6-4-3-5-7-15/h3-7,13-14,18H,9-12H2,1-2H3. The van der Waals surface area contributed by atoms with Crippen molar-refractivity contribution in [1.29, 1.82) is 5.26 Å². The fourth-order valence-electron chi connectivity index (χ4n) is 2.85. The van der Waals surface area contributed by atoms with Gasteiger partial charge in [-0.15, -0.1) is 0 Å². The summed E-state index contributed by atoms with van der Waals surface area (Å²) in [4.78, 5) is 16.2. The van der Waals surface area contributed by atoms with Crippen LogP contribution in [-0.4, -0.2) is 49.1 Å². The van der Waals surface area contributed by atoms with E-state index in [0.717, 1.165) is 18.8 Å². The van der Waals surface area contributed by atoms with Gasteiger partial charge in [-0.05, 0) is 26.0 Å². The minimum absolute atomic E-state index is 0.0240. The van der Waals surface area contributed by atoms with Crippen LogP contribution in [0.2, 0.25) is 0 Å². The molecule has 1 heterocycles. The van der Waals surface area contributed by atoms with Crippen molar-refractivity contribution in [2.24, 2.45) is 0 Å². The Morgan fingerprint density at radius 2 is 1.95 bits per heavy atom. The van der Waals surface area contributed by atoms with E-state index in [9.17, 15) is 4.79 Å². The predicted molar refractivity (Wildman–Crippen MR) is 82.9 cm³/mol. The first-order valence-corrected chi connectivity index (χ1v) is 7.31. The van der Waals surface area contributed by atoms with E-state index in [1.807, 2.05) is 30.3 Å². The lowest BCUT2D eigenvalue weighted by molar-refractivity contribution is -0.120. The fourth-order valence-corrected chi connectivity index (χ4v) is 2.85. The largest absolute Gasteiger partial charge is 0.309 e. The zero-order chi connectivity index (χ0) is 15.2. The Morgan fingerprint density at radius 3 is 2.52 bits per heavy atom. The minimum atomic E-state index is -0.0240. The molecule has 1 aromatic carbocycles. The molecule has 1 fully saturated rings. The first-order valence-electron chi connectivity index (χ1n) is 7.31. The predicted octanol–water partition coefficient (Wildman–Crippen LogP) is 1.23. The molecule has 2 rings (SSSR count). The van der Waals surface area contributed by atoms with Crippen LogP contribution in [0.15, 0.2) is 30.3 Å². The van der Waals surface area contributed by atoms with E-state index in [0.29, 0.717) is 18.6 Å². The average molecular weight is 286 g/mol. The highest BCUT2D eigenvalue weighted by molar-refractivity contribution is 5.95. The van der Waals surface area contributed by atoms with E-state index in [-0.39, 0.29) is 12.5 Å². The Balaban J connectivity index is 2.04. The molecule has 112 valence electrons. The van der Waals surface area contributed by atoms with Gasteiger partial charge in [-0.25, -0.2) is 0 Å². The molecule has 2 atom stereocenters. The number of amides is 1. The summed E-state index contributed by atoms with van der Waals surface area (Å²) < 4.78 is 0. The second kappa shape index (κ2) is 7.21. The summed E-state index contributed by atoms with van der Waals surface area (Å²) in [5.74, 6) is -0.0240. The molecule has 1 aliphatic heterocycles. The van der Waals surface area contributed by atoms with Gasteiger partial charge < -0.3 is 5.32 Å². The van der Waals surface area contributed by atoms with Crippen molar-refractivity contribution in [2.75, 3.05) is 31.1 Å². The van der Waals surface area contributed by atoms with Gasteiger partial charge in [0.05, 0.1) is 12.6 Å². The lowest BCUT2D eigenvalue weighted by Crippen LogP contribution is -2.56. The Labute approximate surface area is 126 Å². The Kier molecular flexibility index (Phi) is 5.32. The van der Waals surface area contributed by atoms with Crippen molar-refractivity contribution in [3.63, 3.8) is 0 Å². The molecule has 1 aromatic rings. The van der Waals surface area contributed by atoms with E-state index >= 15 is 0 Å². The maximum Gasteiger partial charge on any atom is 0.242 e. The molecule has 2 unspecified atom stereocenters. The molecule has 1 saturated heterocycles. The number of hydrogen-bond acceptors (Lipinski definition) is 4. The SMILES string of the molecule is CC1CN(CC(=O)N(CC#N)c2ccccc2)CC(C)N1. The van der Waals surface area contributed by atoms with Gasteiger partial charge in [-0.3, -0.25) is 14.6 Å². The first-order chi connectivity index (χ1) is 10.1. The number of nitriles is 1. The van der Waals surface area contributed by atoms with Crippen LogP contribution < -0.4 is 10.2 Å². The summed E-state index contributed by atoms with van der Waals surface area (Å²) in [5.41, 5.74) is 0.778. The molecule has 0 aliphatic carbocycles. The van der Waals surface area contributed by atoms with Gasteiger partial charge in [0.15, 0.2) is 0 Å². The van der Waals surface area contributed by atoms with Crippen LogP contribution in [0.3, 0.4) is 0 Å². The van der Waals surface area contributed by atoms with Gasteiger partial charge in [0.1, 0.15) is 6.54 Å². The van der Waals surface area contributed by atoms with Crippen LogP contribution in [-0.2, 0) is 4.79 Å². The average Bonchev–Trinajstić information content (AvgIpc) is 2.44. The molecule has 5 heteroatoms. The zero-order valence-electron chi connectivity index (χ0n) is 12.6. The number of para-hydroxylation sites is 1. The van der Waals surface area contributed by atoms with Crippen molar-refractivity contribution in [2.45, 2.75) is 25.9 Å². The van der Waals surface area contributed by atoms with Crippen LogP contribution in [0, 0.1) is 11.3 Å². The van der Waals surface area contributed by atoms with Crippen LogP contribution in [0.5, 0.6) is 0 Å². The van der Waals surface area contributed by atoms with E-state index < -0.39 is 0 Å². The molecule has 0 aromatic heterocycles. The first kappa shape index (κ1) is 15.5. The smallest absolute Gasteiger partial charge is 0.242 e. The molecule has 0 spiro atoms. The van der Waals surface area contributed by atoms with Crippen molar-refractivity contribution in [3.8, 4) is 6.07 Å². The Hall–Kier alpha value is -1.90. The van der Waals surface area contributed by atoms with Crippen molar-refractivity contribution >= 4 is 11.6 Å². The summed E-state index contributed by atoms with van der Waals surface area (Å²) >= 11 is 0. The summed E-state index contributed by atoms with van der Waals surface area (Å²) in [6, 6.07) is 12.2. The Bertz CT molecular complexity index is 501. The van der Waals surface area contributed by atoms with Gasteiger partial charge in [-0.1, -0.05) is 18.2 Å². The number of rotatable bonds is 4. The number of anilines is 1. The van der Waals surface area contributed by atoms with E-state index in [2.05, 4.69) is 30.1 Å². The highest BCUT2D eigenvalue weighted by Gasteiger charge is 2.25. The van der Waals surface area contributed by atoms with Crippen molar-refractivity contribution in [1.82, 2.24) is 10.2 Å². The van der Waals surface area contributed by atoms with Crippen LogP contribution in [0.4, 0.5) is 5.69 Å². The Morgan fingerprint density at radius 1 is 1.33 bits per heavy atom. The van der Waals surface area contributed by atoms with Gasteiger partial charge in [-0.2, -0.15) is 5.26 Å². The second-order valence-corrected chi connectivity index (χ2v) is 5.64. The van der Waals surface area contributed by atoms with Crippen LogP contribution >= 0.6 is 0 Å². The minimum Gasteiger partial charge on any atom is -0.309 e. The highest BCUT2D eigenvalue weighted by Crippen LogP contribution is 2.14. The molecule has 0 bridgehead atoms. The molecule has 1 aliphatic rings. The van der Waals surface area contributed by atoms with Gasteiger partial charge in [0.2, 0.25) is 5.91 Å². The number of nitrogens with zero attached hydrogens (tertiary/aromatic N) is 3. The molecule has 0 radical (unpaired) electrons. The van der Waals surface area contributed by atoms with Gasteiger partial charge >= 0.3 is 0 Å². The van der Waals surface area contributed by atoms with Gasteiger partial charge in [0.25, 0.3) is 0 Å². The van der Waals surface area contributed by atoms with Crippen LogP contribution in [0.1, 0.15) is 13.8 Å². The maximum atomic E-state index is 12.5. The number of carbonyl (C=O) groups is 1. The number of carbonyl (C=O) groups excluding carboxylic acids is 1. The van der Waals surface area contributed by atoms with Gasteiger partial charge in [0, 0.05) is 30.9 Å². The lowest BCUT2D eigenvalue weighted by atomic mass is 10.1. The number of piperazine rings is 1. The van der Waals surface area contributed by atoms with E-state index in [1.54, 1.807) is 4.90 Å². The zero-order valence-corrected chi connectivity index (χ0v) is 12.6. The third-order valence-corrected chi connectivity index (χ3v) is 3.59. The second-order valence-electron chi connectivity index (χ2n) is 5.64. The maximum absolute atomic E-state index is 12.5. The quantitative estimate of drug-likeness (QED) is 0.846. The normalized spacial score (nSPS) is 22.5. The monoisotopic (exact) mass is 286 g/mol. The molecular formula is C16H22N4O. The third-order valence-electron chi connectivity index (χ3n) is 3.59. The van der Waals surface area contributed by atoms with Crippen molar-refractivity contribution < 1.29 is 4.79 Å².